The van der Waals surface area contributed by atoms with Gasteiger partial charge in [-0.15, -0.1) is 0 Å². The number of nitrogens with zero attached hydrogens (tertiary/aromatic N) is 3. The van der Waals surface area contributed by atoms with E-state index in [1.54, 1.807) is 24.6 Å². The van der Waals surface area contributed by atoms with Crippen molar-refractivity contribution in [3.8, 4) is 0 Å². The predicted octanol–water partition coefficient (Wildman–Crippen LogP) is 3.40. The molecular weight excluding hydrogens is 444 g/mol. The highest BCUT2D eigenvalue weighted by Crippen LogP contribution is 2.28. The highest BCUT2D eigenvalue weighted by molar-refractivity contribution is 6.11. The Morgan fingerprint density at radius 2 is 1.82 bits per heavy atom. The van der Waals surface area contributed by atoms with Gasteiger partial charge in [-0.25, -0.2) is 19.3 Å². The van der Waals surface area contributed by atoms with Gasteiger partial charge in [-0.2, -0.15) is 5.10 Å². The number of carbonyl (C=O) groups is 4. The number of Topliss-reactive ketones (excluding diaryl/α,β-unsaturated/α-hetero) is 1. The van der Waals surface area contributed by atoms with Crippen LogP contribution in [0.5, 0.6) is 0 Å². The van der Waals surface area contributed by atoms with Crippen molar-refractivity contribution in [2.75, 3.05) is 18.5 Å². The van der Waals surface area contributed by atoms with Crippen molar-refractivity contribution in [3.63, 3.8) is 0 Å². The molecule has 3 aromatic rings. The lowest BCUT2D eigenvalue weighted by atomic mass is 10.1. The van der Waals surface area contributed by atoms with E-state index < -0.39 is 30.2 Å². The minimum atomic E-state index is -0.811. The van der Waals surface area contributed by atoms with Gasteiger partial charge in [0.15, 0.2) is 18.0 Å². The smallest absolute Gasteiger partial charge is 0.344 e. The van der Waals surface area contributed by atoms with Crippen LogP contribution in [-0.2, 0) is 14.3 Å². The van der Waals surface area contributed by atoms with Gasteiger partial charge in [0, 0.05) is 11.7 Å². The fourth-order valence-electron chi connectivity index (χ4n) is 3.52. The lowest BCUT2D eigenvalue weighted by Gasteiger charge is -2.09. The molecule has 34 heavy (non-hydrogen) atoms. The van der Waals surface area contributed by atoms with Crippen molar-refractivity contribution in [1.82, 2.24) is 14.8 Å². The summed E-state index contributed by atoms with van der Waals surface area (Å²) in [6, 6.07) is 1.59. The number of ketones is 1. The second kappa shape index (κ2) is 9.86. The summed E-state index contributed by atoms with van der Waals surface area (Å²) in [4.78, 5) is 54.0. The lowest BCUT2D eigenvalue weighted by Crippen LogP contribution is -2.22. The van der Waals surface area contributed by atoms with Crippen LogP contribution in [-0.4, -0.2) is 51.6 Å². The Hall–Kier alpha value is -4.02. The number of esters is 2. The average Bonchev–Trinajstić information content (AvgIpc) is 3.32. The van der Waals surface area contributed by atoms with Gasteiger partial charge >= 0.3 is 11.9 Å². The first-order valence-electron chi connectivity index (χ1n) is 10.7. The van der Waals surface area contributed by atoms with Gasteiger partial charge in [0.2, 0.25) is 5.88 Å². The Morgan fingerprint density at radius 3 is 2.44 bits per heavy atom. The minimum absolute atomic E-state index is 0.0163. The Labute approximate surface area is 195 Å². The van der Waals surface area contributed by atoms with Gasteiger partial charge in [-0.3, -0.25) is 14.9 Å². The minimum Gasteiger partial charge on any atom is -0.462 e. The van der Waals surface area contributed by atoms with E-state index in [0.29, 0.717) is 16.7 Å². The molecule has 0 aliphatic carbocycles. The summed E-state index contributed by atoms with van der Waals surface area (Å²) in [7, 11) is 0. The normalized spacial score (nSPS) is 11.0. The Bertz CT molecular complexity index is 1290. The molecule has 0 aliphatic rings. The molecule has 0 aromatic carbocycles. The first-order chi connectivity index (χ1) is 16.0. The van der Waals surface area contributed by atoms with Crippen LogP contribution < -0.4 is 5.32 Å². The zero-order valence-corrected chi connectivity index (χ0v) is 19.8. The van der Waals surface area contributed by atoms with Gasteiger partial charge in [0.05, 0.1) is 29.3 Å². The number of rotatable bonds is 8. The van der Waals surface area contributed by atoms with Gasteiger partial charge < -0.3 is 13.9 Å². The highest BCUT2D eigenvalue weighted by Gasteiger charge is 2.29. The highest BCUT2D eigenvalue weighted by atomic mass is 16.5. The van der Waals surface area contributed by atoms with Crippen LogP contribution >= 0.6 is 0 Å². The van der Waals surface area contributed by atoms with Crippen LogP contribution in [0.4, 0.5) is 5.88 Å². The van der Waals surface area contributed by atoms with Crippen molar-refractivity contribution in [1.29, 1.82) is 0 Å². The van der Waals surface area contributed by atoms with Gasteiger partial charge in [0.25, 0.3) is 5.91 Å². The standard InChI is InChI=1S/C23H26N4O7/c1-7-32-23(31)19-18(13(5)28)14(6)34-21(19)26-17(29)10-33-22(30)15-8-12(4)25-20-16(15)9-24-27(20)11(2)3/h8-9,11H,7,10H2,1-6H3,(H,26,29). The van der Waals surface area contributed by atoms with Gasteiger partial charge in [-0.1, -0.05) is 0 Å². The number of fused-ring (bicyclic) bond motifs is 1. The first-order valence-corrected chi connectivity index (χ1v) is 10.7. The molecule has 0 atom stereocenters. The van der Waals surface area contributed by atoms with Crippen molar-refractivity contribution < 1.29 is 33.1 Å². The molecule has 0 radical (unpaired) electrons. The van der Waals surface area contributed by atoms with Gasteiger partial charge in [-0.05, 0) is 47.6 Å². The number of amides is 1. The number of anilines is 1. The molecule has 1 amide bonds. The van der Waals surface area contributed by atoms with Crippen LogP contribution in [0.2, 0.25) is 0 Å². The Kier molecular flexibility index (Phi) is 7.14. The second-order valence-electron chi connectivity index (χ2n) is 7.87. The summed E-state index contributed by atoms with van der Waals surface area (Å²) in [5, 5.41) is 7.16. The van der Waals surface area contributed by atoms with E-state index in [1.807, 2.05) is 13.8 Å². The number of furan rings is 1. The molecule has 0 saturated carbocycles. The fraction of sp³-hybridized carbons (Fsp3) is 0.391. The Morgan fingerprint density at radius 1 is 1.12 bits per heavy atom. The third-order valence-corrected chi connectivity index (χ3v) is 4.91. The van der Waals surface area contributed by atoms with E-state index >= 15 is 0 Å². The van der Waals surface area contributed by atoms with E-state index in [2.05, 4.69) is 15.4 Å². The fourth-order valence-corrected chi connectivity index (χ4v) is 3.52. The zero-order chi connectivity index (χ0) is 25.2. The third-order valence-electron chi connectivity index (χ3n) is 4.91. The van der Waals surface area contributed by atoms with Crippen LogP contribution in [0, 0.1) is 13.8 Å². The van der Waals surface area contributed by atoms with Crippen LogP contribution in [0.1, 0.15) is 76.3 Å². The molecule has 11 heteroatoms. The summed E-state index contributed by atoms with van der Waals surface area (Å²) in [5.41, 5.74) is 1.19. The molecule has 0 bridgehead atoms. The number of ether oxygens (including phenoxy) is 2. The predicted molar refractivity (Wildman–Crippen MR) is 121 cm³/mol. The molecule has 3 rings (SSSR count). The number of hydrogen-bond acceptors (Lipinski definition) is 9. The zero-order valence-electron chi connectivity index (χ0n) is 19.8. The second-order valence-corrected chi connectivity index (χ2v) is 7.87. The van der Waals surface area contributed by atoms with E-state index in [0.717, 1.165) is 0 Å². The number of nitrogens with one attached hydrogen (secondary N) is 1. The maximum Gasteiger partial charge on any atom is 0.344 e. The molecule has 3 aromatic heterocycles. The molecule has 0 aliphatic heterocycles. The molecule has 11 nitrogen and oxygen atoms in total. The van der Waals surface area contributed by atoms with E-state index in [1.165, 1.54) is 20.0 Å². The van der Waals surface area contributed by atoms with Crippen molar-refractivity contribution >= 4 is 40.5 Å². The maximum absolute atomic E-state index is 12.7. The van der Waals surface area contributed by atoms with Crippen LogP contribution in [0.3, 0.4) is 0 Å². The maximum atomic E-state index is 12.7. The lowest BCUT2D eigenvalue weighted by molar-refractivity contribution is -0.119. The summed E-state index contributed by atoms with van der Waals surface area (Å²) in [5.74, 6) is -2.83. The van der Waals surface area contributed by atoms with Crippen LogP contribution in [0.15, 0.2) is 16.7 Å². The van der Waals surface area contributed by atoms with Crippen molar-refractivity contribution in [2.45, 2.75) is 47.6 Å². The molecule has 3 heterocycles. The molecule has 1 N–H and O–H groups in total. The van der Waals surface area contributed by atoms with Crippen LogP contribution in [0.25, 0.3) is 11.0 Å². The quantitative estimate of drug-likeness (QED) is 0.387. The van der Waals surface area contributed by atoms with E-state index in [9.17, 15) is 19.2 Å². The number of pyridine rings is 1. The largest absolute Gasteiger partial charge is 0.462 e. The monoisotopic (exact) mass is 470 g/mol. The number of hydrogen-bond donors (Lipinski definition) is 1. The van der Waals surface area contributed by atoms with Crippen molar-refractivity contribution in [2.24, 2.45) is 0 Å². The third kappa shape index (κ3) is 4.82. The molecular formula is C23H26N4O7. The number of aryl methyl sites for hydroxylation is 2. The van der Waals surface area contributed by atoms with Crippen molar-refractivity contribution in [3.05, 3.63) is 40.4 Å². The molecule has 0 saturated heterocycles. The average molecular weight is 470 g/mol. The van der Waals surface area contributed by atoms with Gasteiger partial charge in [0.1, 0.15) is 11.3 Å². The van der Waals surface area contributed by atoms with E-state index in [-0.39, 0.29) is 41.0 Å². The SMILES string of the molecule is CCOC(=O)c1c(NC(=O)COC(=O)c2cc(C)nc3c2cnn3C(C)C)oc(C)c1C(C)=O. The first kappa shape index (κ1) is 24.6. The number of aromatic nitrogens is 3. The molecule has 0 unspecified atom stereocenters. The number of carbonyl (C=O) groups excluding carboxylic acids is 4. The van der Waals surface area contributed by atoms with E-state index in [4.69, 9.17) is 13.9 Å². The summed E-state index contributed by atoms with van der Waals surface area (Å²) >= 11 is 0. The molecule has 0 spiro atoms. The topological polar surface area (TPSA) is 143 Å². The summed E-state index contributed by atoms with van der Waals surface area (Å²) in [6.07, 6.45) is 1.53. The summed E-state index contributed by atoms with van der Waals surface area (Å²) < 4.78 is 17.3. The Balaban J connectivity index is 1.79. The molecule has 0 fully saturated rings. The summed E-state index contributed by atoms with van der Waals surface area (Å²) in [6.45, 7) is 9.41. The molecule has 180 valence electrons.